The van der Waals surface area contributed by atoms with E-state index in [-0.39, 0.29) is 6.61 Å². The van der Waals surface area contributed by atoms with Crippen molar-refractivity contribution in [2.24, 2.45) is 0 Å². The van der Waals surface area contributed by atoms with E-state index in [9.17, 15) is 0 Å². The van der Waals surface area contributed by atoms with Crippen molar-refractivity contribution >= 4 is 0 Å². The van der Waals surface area contributed by atoms with E-state index in [1.807, 2.05) is 32.8 Å². The molecule has 0 bridgehead atoms. The molecule has 0 atom stereocenters. The summed E-state index contributed by atoms with van der Waals surface area (Å²) in [6.07, 6.45) is 0. The lowest BCUT2D eigenvalue weighted by Gasteiger charge is -2.23. The molecular weight excluding hydrogens is 142 g/mol. The molecule has 0 aliphatic carbocycles. The number of aliphatic hydroxyl groups excluding tert-OH is 1. The lowest BCUT2D eigenvalue weighted by atomic mass is 10.1. The van der Waals surface area contributed by atoms with Crippen LogP contribution in [-0.4, -0.2) is 49.5 Å². The fraction of sp³-hybridized carbons (Fsp3) is 1.00. The molecule has 0 aliphatic heterocycles. The maximum absolute atomic E-state index is 8.82. The first-order chi connectivity index (χ1) is 4.98. The Morgan fingerprint density at radius 1 is 1.36 bits per heavy atom. The number of hydrogen-bond donors (Lipinski definition) is 1. The van der Waals surface area contributed by atoms with Crippen molar-refractivity contribution in [1.29, 1.82) is 0 Å². The molecule has 0 fully saturated rings. The summed E-state index contributed by atoms with van der Waals surface area (Å²) in [5.74, 6) is 0. The second kappa shape index (κ2) is 4.70. The Kier molecular flexibility index (Phi) is 4.65. The van der Waals surface area contributed by atoms with Gasteiger partial charge in [0.2, 0.25) is 0 Å². The topological polar surface area (TPSA) is 32.7 Å². The normalized spacial score (nSPS) is 12.5. The fourth-order valence-corrected chi connectivity index (χ4v) is 0.550. The van der Waals surface area contributed by atoms with Crippen LogP contribution in [0.1, 0.15) is 13.8 Å². The van der Waals surface area contributed by atoms with E-state index in [0.29, 0.717) is 6.61 Å². The third-order valence-electron chi connectivity index (χ3n) is 1.41. The van der Waals surface area contributed by atoms with E-state index in [1.54, 1.807) is 0 Å². The van der Waals surface area contributed by atoms with Gasteiger partial charge in [-0.1, -0.05) is 0 Å². The molecule has 0 spiro atoms. The Hall–Kier alpha value is -0.120. The van der Waals surface area contributed by atoms with Crippen LogP contribution in [0.15, 0.2) is 0 Å². The van der Waals surface area contributed by atoms with E-state index in [1.165, 1.54) is 0 Å². The summed E-state index contributed by atoms with van der Waals surface area (Å²) in [6, 6.07) is 0. The Morgan fingerprint density at radius 3 is 2.27 bits per heavy atom. The highest BCUT2D eigenvalue weighted by atomic mass is 16.5. The molecule has 0 saturated heterocycles. The van der Waals surface area contributed by atoms with Crippen molar-refractivity contribution in [3.8, 4) is 0 Å². The molecule has 0 aromatic heterocycles. The molecule has 0 amide bonds. The van der Waals surface area contributed by atoms with E-state index >= 15 is 0 Å². The van der Waals surface area contributed by atoms with Crippen LogP contribution in [0.25, 0.3) is 0 Å². The highest BCUT2D eigenvalue weighted by Crippen LogP contribution is 2.06. The van der Waals surface area contributed by atoms with Crippen LogP contribution in [0.5, 0.6) is 0 Å². The molecule has 0 aromatic rings. The average molecular weight is 161 g/mol. The number of hydrogen-bond acceptors (Lipinski definition) is 3. The van der Waals surface area contributed by atoms with Gasteiger partial charge in [0.05, 0.1) is 18.8 Å². The molecule has 0 radical (unpaired) electrons. The standard InChI is InChI=1S/C8H19NO2/c1-8(2,7-10)11-6-5-9(3)4/h10H,5-7H2,1-4H3. The van der Waals surface area contributed by atoms with Gasteiger partial charge in [-0.15, -0.1) is 0 Å². The van der Waals surface area contributed by atoms with Crippen molar-refractivity contribution in [3.05, 3.63) is 0 Å². The Bertz CT molecular complexity index is 102. The zero-order valence-electron chi connectivity index (χ0n) is 7.92. The summed E-state index contributed by atoms with van der Waals surface area (Å²) in [7, 11) is 3.99. The maximum Gasteiger partial charge on any atom is 0.0856 e. The average Bonchev–Trinajstić information content (AvgIpc) is 1.87. The van der Waals surface area contributed by atoms with Gasteiger partial charge >= 0.3 is 0 Å². The van der Waals surface area contributed by atoms with Gasteiger partial charge in [-0.3, -0.25) is 0 Å². The van der Waals surface area contributed by atoms with E-state index in [4.69, 9.17) is 9.84 Å². The largest absolute Gasteiger partial charge is 0.393 e. The molecule has 3 heteroatoms. The predicted molar refractivity (Wildman–Crippen MR) is 45.7 cm³/mol. The molecule has 1 N–H and O–H groups in total. The highest BCUT2D eigenvalue weighted by molar-refractivity contribution is 4.65. The van der Waals surface area contributed by atoms with Gasteiger partial charge in [0, 0.05) is 6.54 Å². The van der Waals surface area contributed by atoms with E-state index in [0.717, 1.165) is 6.54 Å². The molecule has 0 unspecified atom stereocenters. The Balaban J connectivity index is 3.38. The summed E-state index contributed by atoms with van der Waals surface area (Å²) in [4.78, 5) is 2.05. The van der Waals surface area contributed by atoms with E-state index in [2.05, 4.69) is 0 Å². The Labute approximate surface area is 69.0 Å². The van der Waals surface area contributed by atoms with Crippen molar-refractivity contribution < 1.29 is 9.84 Å². The summed E-state index contributed by atoms with van der Waals surface area (Å²) < 4.78 is 5.40. The second-order valence-electron chi connectivity index (χ2n) is 3.57. The van der Waals surface area contributed by atoms with Gasteiger partial charge in [-0.25, -0.2) is 0 Å². The number of nitrogens with zero attached hydrogens (tertiary/aromatic N) is 1. The molecule has 0 rings (SSSR count). The SMILES string of the molecule is CN(C)CCOC(C)(C)CO. The summed E-state index contributed by atoms with van der Waals surface area (Å²) in [5, 5.41) is 8.82. The van der Waals surface area contributed by atoms with E-state index < -0.39 is 5.60 Å². The minimum Gasteiger partial charge on any atom is -0.393 e. The van der Waals surface area contributed by atoms with Crippen LogP contribution in [0.3, 0.4) is 0 Å². The monoisotopic (exact) mass is 161 g/mol. The first kappa shape index (κ1) is 10.9. The van der Waals surface area contributed by atoms with Crippen molar-refractivity contribution in [3.63, 3.8) is 0 Å². The maximum atomic E-state index is 8.82. The van der Waals surface area contributed by atoms with Gasteiger partial charge < -0.3 is 14.7 Å². The quantitative estimate of drug-likeness (QED) is 0.631. The minimum atomic E-state index is -0.393. The number of rotatable bonds is 5. The third-order valence-corrected chi connectivity index (χ3v) is 1.41. The molecule has 68 valence electrons. The van der Waals surface area contributed by atoms with Gasteiger partial charge in [-0.2, -0.15) is 0 Å². The zero-order chi connectivity index (χ0) is 8.91. The number of aliphatic hydroxyl groups is 1. The van der Waals surface area contributed by atoms with Gasteiger partial charge in [0.15, 0.2) is 0 Å². The molecule has 11 heavy (non-hydrogen) atoms. The van der Waals surface area contributed by atoms with Crippen LogP contribution in [0.4, 0.5) is 0 Å². The first-order valence-electron chi connectivity index (χ1n) is 3.87. The van der Waals surface area contributed by atoms with Crippen molar-refractivity contribution in [2.75, 3.05) is 33.9 Å². The van der Waals surface area contributed by atoms with Gasteiger partial charge in [-0.05, 0) is 27.9 Å². The smallest absolute Gasteiger partial charge is 0.0856 e. The van der Waals surface area contributed by atoms with Crippen LogP contribution in [0, 0.1) is 0 Å². The first-order valence-corrected chi connectivity index (χ1v) is 3.87. The van der Waals surface area contributed by atoms with Crippen LogP contribution in [0.2, 0.25) is 0 Å². The summed E-state index contributed by atoms with van der Waals surface area (Å²) >= 11 is 0. The summed E-state index contributed by atoms with van der Waals surface area (Å²) in [6.45, 7) is 5.38. The van der Waals surface area contributed by atoms with Crippen LogP contribution in [-0.2, 0) is 4.74 Å². The minimum absolute atomic E-state index is 0.0699. The molecule has 0 saturated carbocycles. The molecule has 0 heterocycles. The number of ether oxygens (including phenoxy) is 1. The van der Waals surface area contributed by atoms with Gasteiger partial charge in [0.25, 0.3) is 0 Å². The summed E-state index contributed by atoms with van der Waals surface area (Å²) in [5.41, 5.74) is -0.393. The van der Waals surface area contributed by atoms with Crippen molar-refractivity contribution in [1.82, 2.24) is 4.90 Å². The molecular formula is C8H19NO2. The zero-order valence-corrected chi connectivity index (χ0v) is 7.92. The predicted octanol–water partition coefficient (Wildman–Crippen LogP) is 0.335. The Morgan fingerprint density at radius 2 is 1.91 bits per heavy atom. The van der Waals surface area contributed by atoms with Crippen LogP contribution < -0.4 is 0 Å². The highest BCUT2D eigenvalue weighted by Gasteiger charge is 2.15. The molecule has 0 aromatic carbocycles. The van der Waals surface area contributed by atoms with Crippen LogP contribution >= 0.6 is 0 Å². The van der Waals surface area contributed by atoms with Crippen molar-refractivity contribution in [2.45, 2.75) is 19.4 Å². The number of likely N-dealkylation sites (N-methyl/N-ethyl adjacent to an activating group) is 1. The second-order valence-corrected chi connectivity index (χ2v) is 3.57. The molecule has 0 aliphatic rings. The fourth-order valence-electron chi connectivity index (χ4n) is 0.550. The lowest BCUT2D eigenvalue weighted by Crippen LogP contribution is -2.32. The third kappa shape index (κ3) is 6.28. The lowest BCUT2D eigenvalue weighted by molar-refractivity contribution is -0.0568. The van der Waals surface area contributed by atoms with Gasteiger partial charge in [0.1, 0.15) is 0 Å². The molecule has 3 nitrogen and oxygen atoms in total.